The SMILES string of the molecule is CON1CC(CS(=O)(=O)c2ccc(Br)cc2)c2ccccc2C1=O. The van der Waals surface area contributed by atoms with Crippen LogP contribution in [0.3, 0.4) is 0 Å². The molecule has 1 atom stereocenters. The average molecular weight is 410 g/mol. The fraction of sp³-hybridized carbons (Fsp3) is 0.235. The molecule has 24 heavy (non-hydrogen) atoms. The van der Waals surface area contributed by atoms with Crippen molar-refractivity contribution in [2.45, 2.75) is 10.8 Å². The van der Waals surface area contributed by atoms with Crippen molar-refractivity contribution < 1.29 is 18.0 Å². The van der Waals surface area contributed by atoms with Gasteiger partial charge in [0.1, 0.15) is 0 Å². The fourth-order valence-electron chi connectivity index (χ4n) is 2.87. The van der Waals surface area contributed by atoms with E-state index in [1.165, 1.54) is 12.2 Å². The van der Waals surface area contributed by atoms with Crippen molar-refractivity contribution in [1.29, 1.82) is 0 Å². The molecule has 0 fully saturated rings. The molecule has 2 aromatic rings. The molecule has 0 radical (unpaired) electrons. The Morgan fingerprint density at radius 2 is 1.83 bits per heavy atom. The third kappa shape index (κ3) is 3.24. The van der Waals surface area contributed by atoms with E-state index in [9.17, 15) is 13.2 Å². The summed E-state index contributed by atoms with van der Waals surface area (Å²) in [6.45, 7) is 0.210. The van der Waals surface area contributed by atoms with Crippen LogP contribution in [0.1, 0.15) is 21.8 Å². The lowest BCUT2D eigenvalue weighted by Crippen LogP contribution is -2.41. The van der Waals surface area contributed by atoms with Crippen molar-refractivity contribution in [3.63, 3.8) is 0 Å². The predicted octanol–water partition coefficient (Wildman–Crippen LogP) is 3.02. The summed E-state index contributed by atoms with van der Waals surface area (Å²) in [5, 5.41) is 1.21. The summed E-state index contributed by atoms with van der Waals surface area (Å²) in [5.74, 6) is -0.670. The second kappa shape index (κ2) is 6.66. The number of carbonyl (C=O) groups excluding carboxylic acids is 1. The topological polar surface area (TPSA) is 63.7 Å². The van der Waals surface area contributed by atoms with Crippen LogP contribution < -0.4 is 0 Å². The van der Waals surface area contributed by atoms with Crippen LogP contribution in [0, 0.1) is 0 Å². The highest BCUT2D eigenvalue weighted by Gasteiger charge is 2.34. The number of sulfone groups is 1. The zero-order chi connectivity index (χ0) is 17.3. The molecule has 0 saturated carbocycles. The molecule has 1 aliphatic rings. The average Bonchev–Trinajstić information content (AvgIpc) is 2.58. The molecule has 1 unspecified atom stereocenters. The Hall–Kier alpha value is -1.70. The smallest absolute Gasteiger partial charge is 0.274 e. The molecular formula is C17H16BrNO4S. The van der Waals surface area contributed by atoms with Gasteiger partial charge in [-0.15, -0.1) is 0 Å². The summed E-state index contributed by atoms with van der Waals surface area (Å²) < 4.78 is 26.3. The van der Waals surface area contributed by atoms with Crippen LogP contribution in [0.5, 0.6) is 0 Å². The molecule has 7 heteroatoms. The predicted molar refractivity (Wildman–Crippen MR) is 93.4 cm³/mol. The minimum atomic E-state index is -3.48. The molecule has 0 aliphatic carbocycles. The van der Waals surface area contributed by atoms with Crippen molar-refractivity contribution in [3.8, 4) is 0 Å². The summed E-state index contributed by atoms with van der Waals surface area (Å²) in [7, 11) is -2.07. The van der Waals surface area contributed by atoms with Crippen LogP contribution in [0.15, 0.2) is 57.9 Å². The molecule has 1 heterocycles. The van der Waals surface area contributed by atoms with Crippen molar-refractivity contribution in [2.75, 3.05) is 19.4 Å². The Balaban J connectivity index is 1.95. The number of carbonyl (C=O) groups is 1. The Kier molecular flexibility index (Phi) is 4.76. The van der Waals surface area contributed by atoms with Crippen molar-refractivity contribution in [1.82, 2.24) is 5.06 Å². The first-order valence-electron chi connectivity index (χ1n) is 7.35. The first-order chi connectivity index (χ1) is 11.4. The third-order valence-electron chi connectivity index (χ3n) is 4.06. The number of benzene rings is 2. The molecule has 0 spiro atoms. The molecule has 5 nitrogen and oxygen atoms in total. The highest BCUT2D eigenvalue weighted by Crippen LogP contribution is 2.31. The largest absolute Gasteiger partial charge is 0.277 e. The Labute approximate surface area is 149 Å². The molecule has 0 saturated heterocycles. The van der Waals surface area contributed by atoms with E-state index in [0.717, 1.165) is 10.0 Å². The van der Waals surface area contributed by atoms with Gasteiger partial charge in [0.05, 0.1) is 24.3 Å². The van der Waals surface area contributed by atoms with Gasteiger partial charge in [-0.25, -0.2) is 13.5 Å². The highest BCUT2D eigenvalue weighted by molar-refractivity contribution is 9.10. The standard InChI is InChI=1S/C17H16BrNO4S/c1-23-19-10-12(15-4-2-3-5-16(15)17(19)20)11-24(21,22)14-8-6-13(18)7-9-14/h2-9,12H,10-11H2,1H3. The van der Waals surface area contributed by atoms with Crippen LogP contribution in [0.25, 0.3) is 0 Å². The first kappa shape index (κ1) is 17.1. The number of hydrogen-bond donors (Lipinski definition) is 0. The Morgan fingerprint density at radius 3 is 2.50 bits per heavy atom. The summed E-state index contributed by atoms with van der Waals surface area (Å²) in [5.41, 5.74) is 1.23. The number of amides is 1. The van der Waals surface area contributed by atoms with E-state index in [-0.39, 0.29) is 29.0 Å². The van der Waals surface area contributed by atoms with Crippen LogP contribution in [-0.4, -0.2) is 38.8 Å². The number of halogens is 1. The molecule has 126 valence electrons. The van der Waals surface area contributed by atoms with Gasteiger partial charge in [0.25, 0.3) is 5.91 Å². The lowest BCUT2D eigenvalue weighted by Gasteiger charge is -2.32. The monoisotopic (exact) mass is 409 g/mol. The van der Waals surface area contributed by atoms with E-state index in [1.807, 2.05) is 12.1 Å². The van der Waals surface area contributed by atoms with Crippen molar-refractivity contribution >= 4 is 31.7 Å². The lowest BCUT2D eigenvalue weighted by atomic mass is 9.91. The summed E-state index contributed by atoms with van der Waals surface area (Å²) in [6, 6.07) is 13.6. The minimum Gasteiger partial charge on any atom is -0.274 e. The van der Waals surface area contributed by atoms with Gasteiger partial charge in [-0.1, -0.05) is 34.1 Å². The van der Waals surface area contributed by atoms with E-state index in [0.29, 0.717) is 5.56 Å². The Morgan fingerprint density at radius 1 is 1.17 bits per heavy atom. The molecule has 0 bridgehead atoms. The van der Waals surface area contributed by atoms with Crippen LogP contribution in [0.4, 0.5) is 0 Å². The molecule has 2 aromatic carbocycles. The van der Waals surface area contributed by atoms with E-state index >= 15 is 0 Å². The van der Waals surface area contributed by atoms with E-state index in [2.05, 4.69) is 15.9 Å². The number of fused-ring (bicyclic) bond motifs is 1. The maximum absolute atomic E-state index is 12.7. The molecule has 3 rings (SSSR count). The Bertz CT molecular complexity index is 864. The number of rotatable bonds is 4. The number of hydroxylamine groups is 2. The maximum atomic E-state index is 12.7. The fourth-order valence-corrected chi connectivity index (χ4v) is 4.69. The molecule has 1 amide bonds. The zero-order valence-corrected chi connectivity index (χ0v) is 15.4. The van der Waals surface area contributed by atoms with E-state index < -0.39 is 9.84 Å². The van der Waals surface area contributed by atoms with Gasteiger partial charge < -0.3 is 0 Å². The molecule has 1 aliphatic heterocycles. The minimum absolute atomic E-state index is 0.0845. The van der Waals surface area contributed by atoms with Crippen molar-refractivity contribution in [3.05, 3.63) is 64.1 Å². The second-order valence-electron chi connectivity index (χ2n) is 5.57. The maximum Gasteiger partial charge on any atom is 0.277 e. The van der Waals surface area contributed by atoms with Gasteiger partial charge in [-0.2, -0.15) is 0 Å². The van der Waals surface area contributed by atoms with Gasteiger partial charge in [0, 0.05) is 16.0 Å². The third-order valence-corrected chi connectivity index (χ3v) is 6.42. The van der Waals surface area contributed by atoms with Gasteiger partial charge in [0.2, 0.25) is 0 Å². The van der Waals surface area contributed by atoms with E-state index in [1.54, 1.807) is 36.4 Å². The first-order valence-corrected chi connectivity index (χ1v) is 9.80. The zero-order valence-electron chi connectivity index (χ0n) is 13.0. The quantitative estimate of drug-likeness (QED) is 0.778. The normalized spacial score (nSPS) is 17.7. The second-order valence-corrected chi connectivity index (χ2v) is 8.52. The summed E-state index contributed by atoms with van der Waals surface area (Å²) >= 11 is 3.30. The number of hydrogen-bond acceptors (Lipinski definition) is 4. The number of nitrogens with zero attached hydrogens (tertiary/aromatic N) is 1. The lowest BCUT2D eigenvalue weighted by molar-refractivity contribution is -0.100. The molecule has 0 aromatic heterocycles. The van der Waals surface area contributed by atoms with Crippen LogP contribution in [0.2, 0.25) is 0 Å². The summed E-state index contributed by atoms with van der Waals surface area (Å²) in [6.07, 6.45) is 0. The van der Waals surface area contributed by atoms with Crippen LogP contribution >= 0.6 is 15.9 Å². The van der Waals surface area contributed by atoms with Gasteiger partial charge in [-0.3, -0.25) is 9.63 Å². The van der Waals surface area contributed by atoms with Crippen LogP contribution in [-0.2, 0) is 14.7 Å². The van der Waals surface area contributed by atoms with E-state index in [4.69, 9.17) is 4.84 Å². The highest BCUT2D eigenvalue weighted by atomic mass is 79.9. The van der Waals surface area contributed by atoms with Crippen molar-refractivity contribution in [2.24, 2.45) is 0 Å². The van der Waals surface area contributed by atoms with Gasteiger partial charge >= 0.3 is 0 Å². The molecular weight excluding hydrogens is 394 g/mol. The summed E-state index contributed by atoms with van der Waals surface area (Å²) in [4.78, 5) is 17.7. The molecule has 0 N–H and O–H groups in total. The van der Waals surface area contributed by atoms with Gasteiger partial charge in [-0.05, 0) is 35.9 Å². The van der Waals surface area contributed by atoms with Gasteiger partial charge in [0.15, 0.2) is 9.84 Å².